The van der Waals surface area contributed by atoms with Crippen molar-refractivity contribution < 1.29 is 19.8 Å². The third-order valence-electron chi connectivity index (χ3n) is 6.29. The highest BCUT2D eigenvalue weighted by Gasteiger charge is 2.36. The number of amides is 1. The van der Waals surface area contributed by atoms with Crippen molar-refractivity contribution in [2.24, 2.45) is 11.3 Å². The summed E-state index contributed by atoms with van der Waals surface area (Å²) in [6.07, 6.45) is 5.17. The number of hydrogen-bond acceptors (Lipinski definition) is 3. The second kappa shape index (κ2) is 11.2. The molecule has 0 radical (unpaired) electrons. The number of carboxylic acids is 1. The van der Waals surface area contributed by atoms with Crippen LogP contribution in [0.25, 0.3) is 22.3 Å². The molecule has 0 aliphatic heterocycles. The van der Waals surface area contributed by atoms with Crippen LogP contribution in [0.2, 0.25) is 0 Å². The third-order valence-corrected chi connectivity index (χ3v) is 6.29. The number of hydrogen-bond donors (Lipinski definition) is 3. The number of aromatic nitrogens is 1. The van der Waals surface area contributed by atoms with Gasteiger partial charge in [-0.05, 0) is 40.2 Å². The van der Waals surface area contributed by atoms with E-state index in [0.717, 1.165) is 22.3 Å². The third kappa shape index (κ3) is 6.28. The summed E-state index contributed by atoms with van der Waals surface area (Å²) in [7, 11) is 0. The van der Waals surface area contributed by atoms with Crippen LogP contribution >= 0.6 is 0 Å². The van der Waals surface area contributed by atoms with Gasteiger partial charge in [0.1, 0.15) is 6.04 Å². The van der Waals surface area contributed by atoms with E-state index in [9.17, 15) is 19.8 Å². The van der Waals surface area contributed by atoms with Gasteiger partial charge in [0, 0.05) is 12.4 Å². The molecule has 0 unspecified atom stereocenters. The quantitative estimate of drug-likeness (QED) is 0.354. The van der Waals surface area contributed by atoms with Crippen LogP contribution in [0.4, 0.5) is 0 Å². The molecule has 0 saturated carbocycles. The van der Waals surface area contributed by atoms with Gasteiger partial charge in [-0.2, -0.15) is 0 Å². The van der Waals surface area contributed by atoms with Gasteiger partial charge in [0.25, 0.3) is 0 Å². The van der Waals surface area contributed by atoms with Crippen molar-refractivity contribution in [1.29, 1.82) is 0 Å². The molecule has 0 aliphatic rings. The number of aliphatic hydroxyl groups is 1. The number of carboxylic acid groups (broad SMARTS) is 1. The summed E-state index contributed by atoms with van der Waals surface area (Å²) in [4.78, 5) is 25.5. The van der Waals surface area contributed by atoms with Gasteiger partial charge in [-0.25, -0.2) is 0 Å². The lowest BCUT2D eigenvalue weighted by molar-refractivity contribution is -0.147. The largest absolute Gasteiger partial charge is 0.481 e. The molecule has 0 saturated heterocycles. The maximum atomic E-state index is 13.4. The van der Waals surface area contributed by atoms with Crippen molar-refractivity contribution in [3.8, 4) is 22.3 Å². The topological polar surface area (TPSA) is 91.6 Å². The van der Waals surface area contributed by atoms with Gasteiger partial charge in [-0.1, -0.05) is 81.4 Å². The maximum Gasteiger partial charge on any atom is 0.309 e. The van der Waals surface area contributed by atoms with Crippen LogP contribution in [0.5, 0.6) is 0 Å². The number of carbonyl (C=O) groups excluding carboxylic acids is 1. The molecular weight excluding hydrogens is 440 g/mol. The molecule has 184 valence electrons. The van der Waals surface area contributed by atoms with Crippen LogP contribution in [0.1, 0.15) is 33.2 Å². The van der Waals surface area contributed by atoms with Gasteiger partial charge in [-0.3, -0.25) is 9.59 Å². The van der Waals surface area contributed by atoms with E-state index in [4.69, 9.17) is 0 Å². The summed E-state index contributed by atoms with van der Waals surface area (Å²) in [6.45, 7) is 9.17. The van der Waals surface area contributed by atoms with Crippen molar-refractivity contribution >= 4 is 11.9 Å². The number of allylic oxidation sites excluding steroid dienone is 1. The van der Waals surface area contributed by atoms with Gasteiger partial charge < -0.3 is 20.1 Å². The van der Waals surface area contributed by atoms with E-state index < -0.39 is 35.3 Å². The molecule has 1 aromatic heterocycles. The van der Waals surface area contributed by atoms with Gasteiger partial charge in [0.05, 0.1) is 18.6 Å². The molecule has 2 aromatic carbocycles. The molecule has 1 amide bonds. The highest BCUT2D eigenvalue weighted by Crippen LogP contribution is 2.30. The lowest BCUT2D eigenvalue weighted by Gasteiger charge is -2.32. The van der Waals surface area contributed by atoms with E-state index in [1.165, 1.54) is 6.08 Å². The highest BCUT2D eigenvalue weighted by molar-refractivity contribution is 5.87. The first kappa shape index (κ1) is 26.0. The number of nitrogens with zero attached hydrogens (tertiary/aromatic N) is 1. The first-order chi connectivity index (χ1) is 16.7. The summed E-state index contributed by atoms with van der Waals surface area (Å²) < 4.78 is 1.65. The Balaban J connectivity index is 1.93. The molecule has 1 heterocycles. The van der Waals surface area contributed by atoms with Gasteiger partial charge in [-0.15, -0.1) is 6.58 Å². The Morgan fingerprint density at radius 1 is 0.971 bits per heavy atom. The fourth-order valence-electron chi connectivity index (χ4n) is 4.11. The molecule has 0 aliphatic carbocycles. The Morgan fingerprint density at radius 2 is 1.54 bits per heavy atom. The average Bonchev–Trinajstić information content (AvgIpc) is 3.31. The molecule has 3 aromatic rings. The molecule has 0 bridgehead atoms. The molecule has 3 rings (SSSR count). The van der Waals surface area contributed by atoms with E-state index >= 15 is 0 Å². The lowest BCUT2D eigenvalue weighted by atomic mass is 9.86. The SMILES string of the molecule is C=CC[C@H](C(=O)O)[C@@H](C(=O)N[C@H](CO)C(C)(C)C)n1ccc(-c2ccc(-c3ccccc3)cc2)c1. The number of aliphatic hydroxyl groups excluding tert-OH is 1. The van der Waals surface area contributed by atoms with Crippen molar-refractivity contribution in [3.63, 3.8) is 0 Å². The molecular formula is C29H34N2O4. The molecule has 6 nitrogen and oxygen atoms in total. The van der Waals surface area contributed by atoms with Crippen LogP contribution in [-0.4, -0.2) is 39.3 Å². The zero-order valence-electron chi connectivity index (χ0n) is 20.5. The predicted molar refractivity (Wildman–Crippen MR) is 139 cm³/mol. The Kier molecular flexibility index (Phi) is 8.30. The van der Waals surface area contributed by atoms with Crippen LogP contribution in [0.15, 0.2) is 85.7 Å². The highest BCUT2D eigenvalue weighted by atomic mass is 16.4. The zero-order chi connectivity index (χ0) is 25.6. The molecule has 3 atom stereocenters. The molecule has 3 N–H and O–H groups in total. The fourth-order valence-corrected chi connectivity index (χ4v) is 4.11. The Labute approximate surface area is 206 Å². The standard InChI is InChI=1S/C29H34N2O4/c1-5-9-24(28(34)35)26(27(33)30-25(19-32)29(2,3)4)31-17-16-23(18-31)22-14-12-21(13-15-22)20-10-7-6-8-11-20/h5-8,10-18,24-26,32H,1,9,19H2,2-4H3,(H,30,33)(H,34,35)/t24-,25+,26-/m0/s1. The van der Waals surface area contributed by atoms with Gasteiger partial charge in [0.2, 0.25) is 5.91 Å². The van der Waals surface area contributed by atoms with Gasteiger partial charge in [0.15, 0.2) is 0 Å². The number of rotatable bonds is 10. The minimum absolute atomic E-state index is 0.131. The monoisotopic (exact) mass is 474 g/mol. The van der Waals surface area contributed by atoms with E-state index in [0.29, 0.717) is 0 Å². The summed E-state index contributed by atoms with van der Waals surface area (Å²) in [5.41, 5.74) is 3.66. The summed E-state index contributed by atoms with van der Waals surface area (Å²) in [5.74, 6) is -2.54. The number of carbonyl (C=O) groups is 2. The number of nitrogens with one attached hydrogen (secondary N) is 1. The predicted octanol–water partition coefficient (Wildman–Crippen LogP) is 5.16. The van der Waals surface area contributed by atoms with E-state index in [-0.39, 0.29) is 13.0 Å². The van der Waals surface area contributed by atoms with Crippen molar-refractivity contribution in [1.82, 2.24) is 9.88 Å². The first-order valence-corrected chi connectivity index (χ1v) is 11.7. The lowest BCUT2D eigenvalue weighted by Crippen LogP contribution is -2.50. The molecule has 0 fully saturated rings. The minimum Gasteiger partial charge on any atom is -0.481 e. The second-order valence-corrected chi connectivity index (χ2v) is 9.81. The van der Waals surface area contributed by atoms with Crippen LogP contribution < -0.4 is 5.32 Å². The molecule has 35 heavy (non-hydrogen) atoms. The summed E-state index contributed by atoms with van der Waals surface area (Å²) in [5, 5.41) is 22.6. The smallest absolute Gasteiger partial charge is 0.309 e. The number of benzene rings is 2. The summed E-state index contributed by atoms with van der Waals surface area (Å²) in [6, 6.07) is 18.5. The minimum atomic E-state index is -1.08. The van der Waals surface area contributed by atoms with E-state index in [1.54, 1.807) is 17.0 Å². The Hall–Kier alpha value is -3.64. The van der Waals surface area contributed by atoms with Crippen LogP contribution in [0.3, 0.4) is 0 Å². The van der Waals surface area contributed by atoms with Crippen molar-refractivity contribution in [3.05, 3.63) is 85.7 Å². The van der Waals surface area contributed by atoms with Crippen molar-refractivity contribution in [2.45, 2.75) is 39.3 Å². The average molecular weight is 475 g/mol. The van der Waals surface area contributed by atoms with Gasteiger partial charge >= 0.3 is 5.97 Å². The van der Waals surface area contributed by atoms with Crippen molar-refractivity contribution in [2.75, 3.05) is 6.61 Å². The zero-order valence-corrected chi connectivity index (χ0v) is 20.5. The van der Waals surface area contributed by atoms with Crippen LogP contribution in [0, 0.1) is 11.3 Å². The Bertz CT molecular complexity index is 1140. The first-order valence-electron chi connectivity index (χ1n) is 11.7. The maximum absolute atomic E-state index is 13.4. The molecule has 6 heteroatoms. The normalized spacial score (nSPS) is 14.1. The second-order valence-electron chi connectivity index (χ2n) is 9.81. The van der Waals surface area contributed by atoms with E-state index in [1.807, 2.05) is 69.3 Å². The molecule has 0 spiro atoms. The summed E-state index contributed by atoms with van der Waals surface area (Å²) >= 11 is 0. The number of aliphatic carboxylic acids is 1. The Morgan fingerprint density at radius 3 is 2.06 bits per heavy atom. The fraction of sp³-hybridized carbons (Fsp3) is 0.310. The van der Waals surface area contributed by atoms with E-state index in [2.05, 4.69) is 24.0 Å². The van der Waals surface area contributed by atoms with Crippen LogP contribution in [-0.2, 0) is 9.59 Å².